The van der Waals surface area contributed by atoms with Crippen LogP contribution in [0.1, 0.15) is 41.6 Å². The first-order chi connectivity index (χ1) is 12.2. The number of carboxylic acid groups (broad SMARTS) is 1. The average Bonchev–Trinajstić information content (AvgIpc) is 3.19. The molecule has 0 saturated heterocycles. The van der Waals surface area contributed by atoms with Gasteiger partial charge >= 0.3 is 5.97 Å². The first-order valence-corrected chi connectivity index (χ1v) is 8.76. The van der Waals surface area contributed by atoms with E-state index in [1.807, 2.05) is 0 Å². The molecule has 0 radical (unpaired) electrons. The number of nitrogens with one attached hydrogen (secondary N) is 1. The Balaban J connectivity index is 0.000000236. The van der Waals surface area contributed by atoms with Crippen molar-refractivity contribution in [2.75, 3.05) is 13.2 Å². The summed E-state index contributed by atoms with van der Waals surface area (Å²) < 4.78 is 5.94. The van der Waals surface area contributed by atoms with Crippen molar-refractivity contribution in [2.45, 2.75) is 38.2 Å². The van der Waals surface area contributed by atoms with Gasteiger partial charge in [-0.15, -0.1) is 0 Å². The summed E-state index contributed by atoms with van der Waals surface area (Å²) in [6.45, 7) is 1.69. The zero-order chi connectivity index (χ0) is 17.9. The van der Waals surface area contributed by atoms with E-state index in [0.717, 1.165) is 25.5 Å². The van der Waals surface area contributed by atoms with Crippen LogP contribution in [0.2, 0.25) is 0 Å². The minimum absolute atomic E-state index is 0.185. The molecule has 6 nitrogen and oxygen atoms in total. The maximum Gasteiger partial charge on any atom is 0.338 e. The van der Waals surface area contributed by atoms with Gasteiger partial charge in [-0.1, -0.05) is 30.3 Å². The van der Waals surface area contributed by atoms with Crippen molar-refractivity contribution in [2.24, 2.45) is 11.7 Å². The van der Waals surface area contributed by atoms with Gasteiger partial charge in [0.25, 0.3) is 0 Å². The summed E-state index contributed by atoms with van der Waals surface area (Å²) in [5, 5.41) is 14.0. The number of rotatable bonds is 6. The Kier molecular flexibility index (Phi) is 8.15. The van der Waals surface area contributed by atoms with Crippen molar-refractivity contribution in [3.05, 3.63) is 53.9 Å². The number of carboxylic acids is 1. The van der Waals surface area contributed by atoms with E-state index >= 15 is 0 Å². The van der Waals surface area contributed by atoms with Crippen LogP contribution in [0.15, 0.2) is 42.7 Å². The summed E-state index contributed by atoms with van der Waals surface area (Å²) in [4.78, 5) is 10.0. The second-order valence-electron chi connectivity index (χ2n) is 6.28. The molecule has 1 aromatic carbocycles. The van der Waals surface area contributed by atoms with Crippen LogP contribution in [0, 0.1) is 5.92 Å². The van der Waals surface area contributed by atoms with Gasteiger partial charge in [-0.2, -0.15) is 5.10 Å². The molecule has 0 aliphatic heterocycles. The SMILES string of the molecule is NCC1CCC(OCCc2ccccc2)CC1.O=C(O)c1cn[nH]c1. The Bertz CT molecular complexity index is 594. The third-order valence-electron chi connectivity index (χ3n) is 4.46. The molecule has 4 N–H and O–H groups in total. The summed E-state index contributed by atoms with van der Waals surface area (Å²) in [5.74, 6) is -0.220. The number of benzene rings is 1. The van der Waals surface area contributed by atoms with E-state index in [-0.39, 0.29) is 5.56 Å². The first kappa shape index (κ1) is 19.1. The highest BCUT2D eigenvalue weighted by molar-refractivity contribution is 5.86. The fourth-order valence-corrected chi connectivity index (χ4v) is 2.89. The lowest BCUT2D eigenvalue weighted by atomic mass is 9.87. The quantitative estimate of drug-likeness (QED) is 0.747. The Morgan fingerprint density at radius 2 is 1.96 bits per heavy atom. The number of ether oxygens (including phenoxy) is 1. The van der Waals surface area contributed by atoms with E-state index in [1.54, 1.807) is 0 Å². The largest absolute Gasteiger partial charge is 0.478 e. The van der Waals surface area contributed by atoms with Gasteiger partial charge in [-0.05, 0) is 50.1 Å². The highest BCUT2D eigenvalue weighted by atomic mass is 16.5. The summed E-state index contributed by atoms with van der Waals surface area (Å²) in [7, 11) is 0. The first-order valence-electron chi connectivity index (χ1n) is 8.76. The summed E-state index contributed by atoms with van der Waals surface area (Å²) >= 11 is 0. The molecule has 1 saturated carbocycles. The van der Waals surface area contributed by atoms with Crippen LogP contribution in [-0.2, 0) is 11.2 Å². The molecular formula is C19H27N3O3. The van der Waals surface area contributed by atoms with Crippen molar-refractivity contribution in [1.82, 2.24) is 10.2 Å². The van der Waals surface area contributed by atoms with Crippen molar-refractivity contribution in [3.8, 4) is 0 Å². The predicted molar refractivity (Wildman–Crippen MR) is 96.4 cm³/mol. The molecule has 2 aromatic rings. The van der Waals surface area contributed by atoms with E-state index in [1.165, 1.54) is 43.6 Å². The van der Waals surface area contributed by atoms with Crippen LogP contribution in [0.3, 0.4) is 0 Å². The number of hydrogen-bond donors (Lipinski definition) is 3. The molecule has 1 heterocycles. The molecule has 6 heteroatoms. The molecule has 136 valence electrons. The van der Waals surface area contributed by atoms with Gasteiger partial charge in [0, 0.05) is 6.20 Å². The molecule has 1 aliphatic rings. The number of H-pyrrole nitrogens is 1. The Morgan fingerprint density at radius 1 is 1.24 bits per heavy atom. The summed E-state index contributed by atoms with van der Waals surface area (Å²) in [6, 6.07) is 10.5. The maximum atomic E-state index is 10.0. The van der Waals surface area contributed by atoms with Gasteiger partial charge < -0.3 is 15.6 Å². The molecule has 0 amide bonds. The lowest BCUT2D eigenvalue weighted by Crippen LogP contribution is -2.26. The Morgan fingerprint density at radius 3 is 2.48 bits per heavy atom. The smallest absolute Gasteiger partial charge is 0.338 e. The molecule has 3 rings (SSSR count). The van der Waals surface area contributed by atoms with E-state index in [4.69, 9.17) is 15.6 Å². The van der Waals surface area contributed by atoms with Gasteiger partial charge in [0.15, 0.2) is 0 Å². The number of nitrogens with zero attached hydrogens (tertiary/aromatic N) is 1. The molecule has 1 aromatic heterocycles. The van der Waals surface area contributed by atoms with Crippen LogP contribution in [-0.4, -0.2) is 40.5 Å². The fraction of sp³-hybridized carbons (Fsp3) is 0.474. The standard InChI is InChI=1S/C15H23NO.C4H4N2O2/c16-12-14-6-8-15(9-7-14)17-11-10-13-4-2-1-3-5-13;7-4(8)3-1-5-6-2-3/h1-5,14-15H,6-12,16H2;1-2H,(H,5,6)(H,7,8). The van der Waals surface area contributed by atoms with E-state index in [0.29, 0.717) is 6.10 Å². The van der Waals surface area contributed by atoms with Gasteiger partial charge in [-0.3, -0.25) is 5.10 Å². The number of carbonyl (C=O) groups is 1. The number of aromatic amines is 1. The molecule has 25 heavy (non-hydrogen) atoms. The van der Waals surface area contributed by atoms with E-state index in [9.17, 15) is 4.79 Å². The second-order valence-corrected chi connectivity index (χ2v) is 6.28. The van der Waals surface area contributed by atoms with E-state index in [2.05, 4.69) is 40.5 Å². The van der Waals surface area contributed by atoms with Crippen LogP contribution >= 0.6 is 0 Å². The average molecular weight is 345 g/mol. The number of nitrogens with two attached hydrogens (primary N) is 1. The van der Waals surface area contributed by atoms with Gasteiger partial charge in [-0.25, -0.2) is 4.79 Å². The van der Waals surface area contributed by atoms with Crippen LogP contribution in [0.5, 0.6) is 0 Å². The van der Waals surface area contributed by atoms with Crippen molar-refractivity contribution < 1.29 is 14.6 Å². The minimum Gasteiger partial charge on any atom is -0.478 e. The highest BCUT2D eigenvalue weighted by Gasteiger charge is 2.20. The van der Waals surface area contributed by atoms with Crippen LogP contribution < -0.4 is 5.73 Å². The Hall–Kier alpha value is -2.18. The van der Waals surface area contributed by atoms with Crippen molar-refractivity contribution in [1.29, 1.82) is 0 Å². The number of aromatic carboxylic acids is 1. The monoisotopic (exact) mass is 345 g/mol. The van der Waals surface area contributed by atoms with Crippen molar-refractivity contribution in [3.63, 3.8) is 0 Å². The number of aromatic nitrogens is 2. The third-order valence-corrected chi connectivity index (χ3v) is 4.46. The van der Waals surface area contributed by atoms with E-state index < -0.39 is 5.97 Å². The van der Waals surface area contributed by atoms with Gasteiger partial charge in [0.2, 0.25) is 0 Å². The highest BCUT2D eigenvalue weighted by Crippen LogP contribution is 2.25. The number of hydrogen-bond acceptors (Lipinski definition) is 4. The third kappa shape index (κ3) is 7.07. The topological polar surface area (TPSA) is 101 Å². The molecule has 1 aliphatic carbocycles. The molecular weight excluding hydrogens is 318 g/mol. The zero-order valence-electron chi connectivity index (χ0n) is 14.4. The van der Waals surface area contributed by atoms with Crippen LogP contribution in [0.25, 0.3) is 0 Å². The normalized spacial score (nSPS) is 19.7. The lowest BCUT2D eigenvalue weighted by Gasteiger charge is -2.27. The fourth-order valence-electron chi connectivity index (χ4n) is 2.89. The predicted octanol–water partition coefficient (Wildman–Crippen LogP) is 2.87. The van der Waals surface area contributed by atoms with Gasteiger partial charge in [0.05, 0.1) is 24.5 Å². The molecule has 0 bridgehead atoms. The lowest BCUT2D eigenvalue weighted by molar-refractivity contribution is 0.0207. The molecule has 1 fully saturated rings. The summed E-state index contributed by atoms with van der Waals surface area (Å²) in [5.41, 5.74) is 7.23. The van der Waals surface area contributed by atoms with Crippen molar-refractivity contribution >= 4 is 5.97 Å². The molecule has 0 atom stereocenters. The van der Waals surface area contributed by atoms with Gasteiger partial charge in [0.1, 0.15) is 0 Å². The van der Waals surface area contributed by atoms with Crippen LogP contribution in [0.4, 0.5) is 0 Å². The molecule has 0 unspecified atom stereocenters. The summed E-state index contributed by atoms with van der Waals surface area (Å²) in [6.07, 6.45) is 8.94. The maximum absolute atomic E-state index is 10.0. The minimum atomic E-state index is -0.959. The Labute approximate surface area is 148 Å². The molecule has 0 spiro atoms. The second kappa shape index (κ2) is 10.6. The zero-order valence-corrected chi connectivity index (χ0v) is 14.4.